The Labute approximate surface area is 98.3 Å². The normalized spacial score (nSPS) is 14.6. The van der Waals surface area contributed by atoms with Gasteiger partial charge in [-0.05, 0) is 12.5 Å². The molecule has 5 nitrogen and oxygen atoms in total. The quantitative estimate of drug-likeness (QED) is 0.707. The SMILES string of the molecule is COc1ncc(C(O)C(O)CCO)cc1Cl. The first-order valence-corrected chi connectivity index (χ1v) is 5.14. The summed E-state index contributed by atoms with van der Waals surface area (Å²) < 4.78 is 4.86. The number of hydrogen-bond donors (Lipinski definition) is 3. The molecule has 1 rings (SSSR count). The van der Waals surface area contributed by atoms with Crippen molar-refractivity contribution in [3.8, 4) is 5.88 Å². The van der Waals surface area contributed by atoms with Crippen LogP contribution in [0, 0.1) is 0 Å². The van der Waals surface area contributed by atoms with Crippen molar-refractivity contribution in [3.05, 3.63) is 22.8 Å². The van der Waals surface area contributed by atoms with Crippen molar-refractivity contribution in [3.63, 3.8) is 0 Å². The van der Waals surface area contributed by atoms with Gasteiger partial charge in [-0.1, -0.05) is 11.6 Å². The standard InChI is InChI=1S/C10H14ClNO4/c1-16-10-7(11)4-6(5-12-10)9(15)8(14)2-3-13/h4-5,8-9,13-15H,2-3H2,1H3. The highest BCUT2D eigenvalue weighted by molar-refractivity contribution is 6.31. The fourth-order valence-corrected chi connectivity index (χ4v) is 1.52. The topological polar surface area (TPSA) is 82.8 Å². The lowest BCUT2D eigenvalue weighted by Crippen LogP contribution is -2.19. The van der Waals surface area contributed by atoms with Crippen molar-refractivity contribution in [1.82, 2.24) is 4.98 Å². The predicted octanol–water partition coefficient (Wildman–Crippen LogP) is 0.520. The zero-order valence-corrected chi connectivity index (χ0v) is 9.55. The third kappa shape index (κ3) is 3.05. The molecular formula is C10H14ClNO4. The fourth-order valence-electron chi connectivity index (χ4n) is 1.26. The van der Waals surface area contributed by atoms with Crippen molar-refractivity contribution < 1.29 is 20.1 Å². The maximum atomic E-state index is 9.71. The van der Waals surface area contributed by atoms with Gasteiger partial charge in [0.2, 0.25) is 5.88 Å². The van der Waals surface area contributed by atoms with E-state index in [-0.39, 0.29) is 23.9 Å². The first-order valence-electron chi connectivity index (χ1n) is 4.76. The summed E-state index contributed by atoms with van der Waals surface area (Å²) in [5.74, 6) is 0.259. The number of aliphatic hydroxyl groups is 3. The van der Waals surface area contributed by atoms with Gasteiger partial charge in [0.05, 0.1) is 13.2 Å². The van der Waals surface area contributed by atoms with Gasteiger partial charge in [-0.3, -0.25) is 0 Å². The van der Waals surface area contributed by atoms with E-state index in [0.29, 0.717) is 5.56 Å². The highest BCUT2D eigenvalue weighted by atomic mass is 35.5. The minimum atomic E-state index is -1.12. The van der Waals surface area contributed by atoms with E-state index in [1.54, 1.807) is 0 Å². The number of aliphatic hydroxyl groups excluding tert-OH is 3. The van der Waals surface area contributed by atoms with Gasteiger partial charge in [0.15, 0.2) is 0 Å². The second-order valence-corrected chi connectivity index (χ2v) is 3.69. The summed E-state index contributed by atoms with van der Waals surface area (Å²) in [4.78, 5) is 3.87. The Morgan fingerprint density at radius 2 is 2.19 bits per heavy atom. The van der Waals surface area contributed by atoms with Crippen LogP contribution in [-0.2, 0) is 0 Å². The Morgan fingerprint density at radius 3 is 2.69 bits per heavy atom. The number of pyridine rings is 1. The Hall–Kier alpha value is -0.880. The van der Waals surface area contributed by atoms with E-state index in [1.165, 1.54) is 19.4 Å². The lowest BCUT2D eigenvalue weighted by Gasteiger charge is -2.17. The van der Waals surface area contributed by atoms with Gasteiger partial charge >= 0.3 is 0 Å². The molecular weight excluding hydrogens is 234 g/mol. The molecule has 0 fully saturated rings. The van der Waals surface area contributed by atoms with Crippen LogP contribution >= 0.6 is 11.6 Å². The number of halogens is 1. The largest absolute Gasteiger partial charge is 0.480 e. The average Bonchev–Trinajstić information content (AvgIpc) is 2.28. The lowest BCUT2D eigenvalue weighted by molar-refractivity contribution is 0.00400. The van der Waals surface area contributed by atoms with Crippen LogP contribution in [-0.4, -0.2) is 40.1 Å². The molecule has 2 unspecified atom stereocenters. The van der Waals surface area contributed by atoms with Crippen molar-refractivity contribution in [2.24, 2.45) is 0 Å². The summed E-state index contributed by atoms with van der Waals surface area (Å²) in [6.07, 6.45) is -0.708. The summed E-state index contributed by atoms with van der Waals surface area (Å²) in [5, 5.41) is 28.1. The van der Waals surface area contributed by atoms with Crippen LogP contribution in [0.1, 0.15) is 18.1 Å². The van der Waals surface area contributed by atoms with Gasteiger partial charge in [-0.2, -0.15) is 0 Å². The van der Waals surface area contributed by atoms with Gasteiger partial charge in [-0.25, -0.2) is 4.98 Å². The zero-order valence-electron chi connectivity index (χ0n) is 8.80. The first-order chi connectivity index (χ1) is 7.60. The third-order valence-corrected chi connectivity index (χ3v) is 2.42. The van der Waals surface area contributed by atoms with E-state index >= 15 is 0 Å². The fraction of sp³-hybridized carbons (Fsp3) is 0.500. The summed E-state index contributed by atoms with van der Waals surface area (Å²) >= 11 is 5.83. The molecule has 90 valence electrons. The summed E-state index contributed by atoms with van der Waals surface area (Å²) in [6.45, 7) is -0.199. The molecule has 0 amide bonds. The number of ether oxygens (including phenoxy) is 1. The van der Waals surface area contributed by atoms with Crippen LogP contribution < -0.4 is 4.74 Å². The molecule has 0 saturated heterocycles. The first kappa shape index (κ1) is 13.2. The van der Waals surface area contributed by atoms with Crippen molar-refractivity contribution in [2.75, 3.05) is 13.7 Å². The van der Waals surface area contributed by atoms with Gasteiger partial charge in [-0.15, -0.1) is 0 Å². The van der Waals surface area contributed by atoms with Crippen LogP contribution in [0.25, 0.3) is 0 Å². The third-order valence-electron chi connectivity index (χ3n) is 2.15. The Bertz CT molecular complexity index is 348. The molecule has 0 aliphatic carbocycles. The highest BCUT2D eigenvalue weighted by Gasteiger charge is 2.19. The molecule has 0 aliphatic rings. The maximum absolute atomic E-state index is 9.71. The monoisotopic (exact) mass is 247 g/mol. The lowest BCUT2D eigenvalue weighted by atomic mass is 10.0. The molecule has 16 heavy (non-hydrogen) atoms. The maximum Gasteiger partial charge on any atom is 0.232 e. The minimum Gasteiger partial charge on any atom is -0.480 e. The van der Waals surface area contributed by atoms with Gasteiger partial charge < -0.3 is 20.1 Å². The molecule has 0 radical (unpaired) electrons. The zero-order chi connectivity index (χ0) is 12.1. The molecule has 1 aromatic heterocycles. The van der Waals surface area contributed by atoms with Gasteiger partial charge in [0, 0.05) is 18.4 Å². The van der Waals surface area contributed by atoms with E-state index in [4.69, 9.17) is 21.4 Å². The summed E-state index contributed by atoms with van der Waals surface area (Å²) in [5.41, 5.74) is 0.381. The van der Waals surface area contributed by atoms with Crippen LogP contribution in [0.5, 0.6) is 5.88 Å². The second kappa shape index (κ2) is 6.00. The van der Waals surface area contributed by atoms with E-state index in [0.717, 1.165) is 0 Å². The molecule has 0 aliphatic heterocycles. The molecule has 0 spiro atoms. The van der Waals surface area contributed by atoms with Crippen molar-refractivity contribution in [1.29, 1.82) is 0 Å². The number of hydrogen-bond acceptors (Lipinski definition) is 5. The van der Waals surface area contributed by atoms with Gasteiger partial charge in [0.1, 0.15) is 11.1 Å². The molecule has 6 heteroatoms. The Kier molecular flexibility index (Phi) is 4.95. The number of aromatic nitrogens is 1. The van der Waals surface area contributed by atoms with E-state index < -0.39 is 12.2 Å². The molecule has 0 saturated carbocycles. The number of methoxy groups -OCH3 is 1. The van der Waals surface area contributed by atoms with Crippen molar-refractivity contribution >= 4 is 11.6 Å². The Balaban J connectivity index is 2.84. The number of nitrogens with zero attached hydrogens (tertiary/aromatic N) is 1. The molecule has 1 heterocycles. The van der Waals surface area contributed by atoms with Crippen LogP contribution in [0.2, 0.25) is 5.02 Å². The summed E-state index contributed by atoms with van der Waals surface area (Å²) in [7, 11) is 1.44. The van der Waals surface area contributed by atoms with Crippen molar-refractivity contribution in [2.45, 2.75) is 18.6 Å². The van der Waals surface area contributed by atoms with Crippen LogP contribution in [0.3, 0.4) is 0 Å². The molecule has 0 aromatic carbocycles. The average molecular weight is 248 g/mol. The summed E-state index contributed by atoms with van der Waals surface area (Å²) in [6, 6.07) is 1.47. The molecule has 2 atom stereocenters. The second-order valence-electron chi connectivity index (χ2n) is 3.28. The smallest absolute Gasteiger partial charge is 0.232 e. The van der Waals surface area contributed by atoms with Crippen LogP contribution in [0.4, 0.5) is 0 Å². The Morgan fingerprint density at radius 1 is 1.50 bits per heavy atom. The number of rotatable bonds is 5. The molecule has 1 aromatic rings. The van der Waals surface area contributed by atoms with Gasteiger partial charge in [0.25, 0.3) is 0 Å². The highest BCUT2D eigenvalue weighted by Crippen LogP contribution is 2.26. The molecule has 0 bridgehead atoms. The minimum absolute atomic E-state index is 0.0881. The molecule has 3 N–H and O–H groups in total. The van der Waals surface area contributed by atoms with E-state index in [2.05, 4.69) is 4.98 Å². The van der Waals surface area contributed by atoms with E-state index in [9.17, 15) is 10.2 Å². The van der Waals surface area contributed by atoms with E-state index in [1.807, 2.05) is 0 Å². The van der Waals surface area contributed by atoms with Crippen LogP contribution in [0.15, 0.2) is 12.3 Å². The predicted molar refractivity (Wildman–Crippen MR) is 58.5 cm³/mol.